The number of piperidine rings is 1. The molecular weight excluding hydrogens is 320 g/mol. The van der Waals surface area contributed by atoms with E-state index in [2.05, 4.69) is 25.8 Å². The summed E-state index contributed by atoms with van der Waals surface area (Å²) < 4.78 is 6.47. The maximum absolute atomic E-state index is 12.4. The zero-order valence-corrected chi connectivity index (χ0v) is 13.8. The summed E-state index contributed by atoms with van der Waals surface area (Å²) in [5.41, 5.74) is 0.519. The van der Waals surface area contributed by atoms with Gasteiger partial charge in [0.15, 0.2) is 0 Å². The number of hydrogen-bond acceptors (Lipinski definition) is 4. The number of pyridine rings is 1. The number of nitrogens with zero attached hydrogens (tertiary/aromatic N) is 2. The van der Waals surface area contributed by atoms with Gasteiger partial charge in [-0.3, -0.25) is 4.98 Å². The van der Waals surface area contributed by atoms with Crippen molar-refractivity contribution in [2.45, 2.75) is 51.7 Å². The third-order valence-corrected chi connectivity index (χ3v) is 3.64. The van der Waals surface area contributed by atoms with Crippen molar-refractivity contribution in [1.29, 1.82) is 0 Å². The first kappa shape index (κ1) is 15.3. The molecule has 1 fully saturated rings. The Labute approximate surface area is 128 Å². The number of anilines is 1. The summed E-state index contributed by atoms with van der Waals surface area (Å²) in [6.45, 7) is 6.57. The Morgan fingerprint density at radius 1 is 1.40 bits per heavy atom. The highest BCUT2D eigenvalue weighted by Crippen LogP contribution is 2.27. The summed E-state index contributed by atoms with van der Waals surface area (Å²) in [6.07, 6.45) is 6.53. The molecular formula is C15H21BrN2O2. The molecule has 1 aliphatic rings. The van der Waals surface area contributed by atoms with Gasteiger partial charge in [0.1, 0.15) is 11.6 Å². The molecule has 1 aromatic rings. The lowest BCUT2D eigenvalue weighted by atomic mass is 10.0. The second kappa shape index (κ2) is 6.12. The van der Waals surface area contributed by atoms with Gasteiger partial charge in [-0.25, -0.2) is 4.79 Å². The van der Waals surface area contributed by atoms with E-state index >= 15 is 0 Å². The molecule has 0 amide bonds. The Morgan fingerprint density at radius 2 is 2.15 bits per heavy atom. The molecule has 1 aliphatic heterocycles. The van der Waals surface area contributed by atoms with Crippen molar-refractivity contribution in [3.63, 3.8) is 0 Å². The minimum atomic E-state index is -0.449. The molecule has 0 saturated carbocycles. The number of hydrogen-bond donors (Lipinski definition) is 0. The summed E-state index contributed by atoms with van der Waals surface area (Å²) in [6, 6.07) is 1.79. The quantitative estimate of drug-likeness (QED) is 0.772. The van der Waals surface area contributed by atoms with Gasteiger partial charge in [-0.1, -0.05) is 0 Å². The van der Waals surface area contributed by atoms with Crippen LogP contribution in [0.15, 0.2) is 22.9 Å². The van der Waals surface area contributed by atoms with E-state index in [4.69, 9.17) is 4.74 Å². The maximum atomic E-state index is 12.4. The molecule has 1 atom stereocenters. The predicted octanol–water partition coefficient (Wildman–Crippen LogP) is 3.54. The van der Waals surface area contributed by atoms with Gasteiger partial charge in [0, 0.05) is 17.2 Å². The van der Waals surface area contributed by atoms with E-state index in [9.17, 15) is 4.79 Å². The van der Waals surface area contributed by atoms with Crippen molar-refractivity contribution < 1.29 is 9.53 Å². The first-order chi connectivity index (χ1) is 9.37. The molecule has 20 heavy (non-hydrogen) atoms. The highest BCUT2D eigenvalue weighted by molar-refractivity contribution is 9.10. The minimum Gasteiger partial charge on any atom is -0.458 e. The minimum absolute atomic E-state index is 0.142. The number of aromatic nitrogens is 1. The molecule has 0 radical (unpaired) electrons. The van der Waals surface area contributed by atoms with E-state index in [1.807, 2.05) is 26.8 Å². The number of halogens is 1. The monoisotopic (exact) mass is 340 g/mol. The van der Waals surface area contributed by atoms with Crippen LogP contribution in [0.4, 0.5) is 5.69 Å². The Balaban J connectivity index is 2.19. The third kappa shape index (κ3) is 3.95. The largest absolute Gasteiger partial charge is 0.458 e. The smallest absolute Gasteiger partial charge is 0.329 e. The molecule has 5 heteroatoms. The van der Waals surface area contributed by atoms with Crippen molar-refractivity contribution in [1.82, 2.24) is 4.98 Å². The first-order valence-corrected chi connectivity index (χ1v) is 7.76. The summed E-state index contributed by atoms with van der Waals surface area (Å²) in [7, 11) is 0. The number of ether oxygens (including phenoxy) is 1. The number of esters is 1. The van der Waals surface area contributed by atoms with Crippen molar-refractivity contribution in [2.75, 3.05) is 11.4 Å². The van der Waals surface area contributed by atoms with E-state index in [0.29, 0.717) is 0 Å². The van der Waals surface area contributed by atoms with E-state index in [-0.39, 0.29) is 12.0 Å². The van der Waals surface area contributed by atoms with Gasteiger partial charge in [0.2, 0.25) is 0 Å². The molecule has 0 aliphatic carbocycles. The van der Waals surface area contributed by atoms with Gasteiger partial charge in [-0.15, -0.1) is 0 Å². The fraction of sp³-hybridized carbons (Fsp3) is 0.600. The summed E-state index contributed by atoms with van der Waals surface area (Å²) in [5.74, 6) is -0.142. The van der Waals surface area contributed by atoms with Crippen LogP contribution >= 0.6 is 15.9 Å². The van der Waals surface area contributed by atoms with Gasteiger partial charge in [0.25, 0.3) is 0 Å². The Bertz CT molecular complexity index is 485. The van der Waals surface area contributed by atoms with Gasteiger partial charge in [-0.05, 0) is 62.0 Å². The lowest BCUT2D eigenvalue weighted by molar-refractivity contribution is -0.157. The van der Waals surface area contributed by atoms with Crippen molar-refractivity contribution in [2.24, 2.45) is 0 Å². The zero-order valence-electron chi connectivity index (χ0n) is 12.2. The van der Waals surface area contributed by atoms with Crippen LogP contribution in [0, 0.1) is 0 Å². The standard InChI is InChI=1S/C15H21BrN2O2/c1-15(2,3)20-14(19)13-6-4-5-7-18(13)12-8-11(16)9-17-10-12/h8-10,13H,4-7H2,1-3H3. The van der Waals surface area contributed by atoms with Gasteiger partial charge in [-0.2, -0.15) is 0 Å². The zero-order chi connectivity index (χ0) is 14.8. The molecule has 0 N–H and O–H groups in total. The molecule has 0 aromatic carbocycles. The number of carbonyl (C=O) groups excluding carboxylic acids is 1. The van der Waals surface area contributed by atoms with Crippen LogP contribution in [-0.4, -0.2) is 29.1 Å². The molecule has 2 rings (SSSR count). The van der Waals surface area contributed by atoms with Crippen molar-refractivity contribution >= 4 is 27.6 Å². The first-order valence-electron chi connectivity index (χ1n) is 6.97. The van der Waals surface area contributed by atoms with E-state index in [1.54, 1.807) is 12.4 Å². The molecule has 1 unspecified atom stereocenters. The van der Waals surface area contributed by atoms with Crippen LogP contribution in [0.25, 0.3) is 0 Å². The van der Waals surface area contributed by atoms with Crippen LogP contribution < -0.4 is 4.90 Å². The molecule has 4 nitrogen and oxygen atoms in total. The van der Waals surface area contributed by atoms with Crippen molar-refractivity contribution in [3.05, 3.63) is 22.9 Å². The normalized spacial score (nSPS) is 19.8. The van der Waals surface area contributed by atoms with Crippen LogP contribution in [0.5, 0.6) is 0 Å². The highest BCUT2D eigenvalue weighted by atomic mass is 79.9. The van der Waals surface area contributed by atoms with Crippen LogP contribution in [0.1, 0.15) is 40.0 Å². The summed E-state index contributed by atoms with van der Waals surface area (Å²) in [5, 5.41) is 0. The van der Waals surface area contributed by atoms with E-state index in [1.165, 1.54) is 0 Å². The highest BCUT2D eigenvalue weighted by Gasteiger charge is 2.32. The van der Waals surface area contributed by atoms with Gasteiger partial charge in [0.05, 0.1) is 11.9 Å². The lowest BCUT2D eigenvalue weighted by Gasteiger charge is -2.37. The van der Waals surface area contributed by atoms with Crippen LogP contribution in [0.3, 0.4) is 0 Å². The average Bonchev–Trinajstić information content (AvgIpc) is 2.37. The Kier molecular flexibility index (Phi) is 4.68. The summed E-state index contributed by atoms with van der Waals surface area (Å²) in [4.78, 5) is 18.7. The molecule has 1 saturated heterocycles. The van der Waals surface area contributed by atoms with Gasteiger partial charge < -0.3 is 9.64 Å². The molecule has 0 bridgehead atoms. The third-order valence-electron chi connectivity index (χ3n) is 3.20. The van der Waals surface area contributed by atoms with Crippen LogP contribution in [0.2, 0.25) is 0 Å². The summed E-state index contributed by atoms with van der Waals surface area (Å²) >= 11 is 3.43. The predicted molar refractivity (Wildman–Crippen MR) is 82.8 cm³/mol. The Morgan fingerprint density at radius 3 is 2.80 bits per heavy atom. The second-order valence-electron chi connectivity index (χ2n) is 6.10. The SMILES string of the molecule is CC(C)(C)OC(=O)C1CCCCN1c1cncc(Br)c1. The second-order valence-corrected chi connectivity index (χ2v) is 7.02. The number of rotatable bonds is 2. The molecule has 1 aromatic heterocycles. The number of carbonyl (C=O) groups is 1. The fourth-order valence-corrected chi connectivity index (χ4v) is 2.77. The van der Waals surface area contributed by atoms with E-state index < -0.39 is 5.60 Å². The topological polar surface area (TPSA) is 42.4 Å². The molecule has 110 valence electrons. The lowest BCUT2D eigenvalue weighted by Crippen LogP contribution is -2.47. The average molecular weight is 341 g/mol. The van der Waals surface area contributed by atoms with Crippen molar-refractivity contribution in [3.8, 4) is 0 Å². The van der Waals surface area contributed by atoms with E-state index in [0.717, 1.165) is 36.0 Å². The van der Waals surface area contributed by atoms with Gasteiger partial charge >= 0.3 is 5.97 Å². The fourth-order valence-electron chi connectivity index (χ4n) is 2.41. The molecule has 2 heterocycles. The maximum Gasteiger partial charge on any atom is 0.329 e. The molecule has 0 spiro atoms. The Hall–Kier alpha value is -1.10. The van der Waals surface area contributed by atoms with Crippen LogP contribution in [-0.2, 0) is 9.53 Å².